The van der Waals surface area contributed by atoms with Crippen LogP contribution in [0.1, 0.15) is 12.5 Å². The first-order valence-electron chi connectivity index (χ1n) is 8.10. The molecule has 0 saturated carbocycles. The molecule has 1 aliphatic rings. The molecular weight excluding hydrogens is 340 g/mol. The molecule has 9 nitrogen and oxygen atoms in total. The summed E-state index contributed by atoms with van der Waals surface area (Å²) in [5.74, 6) is -2.89. The van der Waals surface area contributed by atoms with Gasteiger partial charge in [0.1, 0.15) is 13.2 Å². The maximum absolute atomic E-state index is 12.7. The number of nitrogens with zero attached hydrogens (tertiary/aromatic N) is 2. The van der Waals surface area contributed by atoms with Crippen LogP contribution in [-0.2, 0) is 30.5 Å². The fourth-order valence-electron chi connectivity index (χ4n) is 2.78. The lowest BCUT2D eigenvalue weighted by atomic mass is 9.93. The fraction of sp³-hybridized carbons (Fsp3) is 0.412. The lowest BCUT2D eigenvalue weighted by Gasteiger charge is -2.45. The molecule has 1 atom stereocenters. The first kappa shape index (κ1) is 19.4. The SMILES string of the molecule is CC1(C(N)=O)C(=O)N(CC(=O)OCc2ccccc2)CCN1C(=O)CN. The number of benzene rings is 1. The number of esters is 1. The van der Waals surface area contributed by atoms with E-state index in [9.17, 15) is 19.2 Å². The number of amides is 3. The molecule has 0 radical (unpaired) electrons. The first-order chi connectivity index (χ1) is 12.3. The van der Waals surface area contributed by atoms with Gasteiger partial charge in [0.25, 0.3) is 11.8 Å². The van der Waals surface area contributed by atoms with Gasteiger partial charge in [0.2, 0.25) is 5.91 Å². The minimum atomic E-state index is -1.88. The predicted molar refractivity (Wildman–Crippen MR) is 91.2 cm³/mol. The number of carbonyl (C=O) groups is 4. The number of carbonyl (C=O) groups excluding carboxylic acids is 4. The van der Waals surface area contributed by atoms with E-state index in [0.29, 0.717) is 0 Å². The molecule has 0 aromatic heterocycles. The average molecular weight is 362 g/mol. The number of nitrogens with two attached hydrogens (primary N) is 2. The minimum Gasteiger partial charge on any atom is -0.459 e. The molecule has 0 bridgehead atoms. The second-order valence-corrected chi connectivity index (χ2v) is 6.06. The summed E-state index contributed by atoms with van der Waals surface area (Å²) >= 11 is 0. The van der Waals surface area contributed by atoms with Crippen LogP contribution >= 0.6 is 0 Å². The van der Waals surface area contributed by atoms with Crippen molar-refractivity contribution in [3.8, 4) is 0 Å². The zero-order valence-corrected chi connectivity index (χ0v) is 14.5. The molecule has 1 fully saturated rings. The van der Waals surface area contributed by atoms with E-state index in [1.54, 1.807) is 12.1 Å². The van der Waals surface area contributed by atoms with E-state index in [0.717, 1.165) is 10.5 Å². The van der Waals surface area contributed by atoms with Crippen molar-refractivity contribution >= 4 is 23.7 Å². The Labute approximate surface area is 150 Å². The van der Waals surface area contributed by atoms with Gasteiger partial charge in [0.05, 0.1) is 6.54 Å². The van der Waals surface area contributed by atoms with Crippen LogP contribution in [0.4, 0.5) is 0 Å². The first-order valence-corrected chi connectivity index (χ1v) is 8.10. The average Bonchev–Trinajstić information content (AvgIpc) is 2.64. The maximum Gasteiger partial charge on any atom is 0.325 e. The van der Waals surface area contributed by atoms with Crippen LogP contribution in [-0.4, -0.2) is 65.2 Å². The Bertz CT molecular complexity index is 708. The Hall–Kier alpha value is -2.94. The van der Waals surface area contributed by atoms with Crippen LogP contribution in [0.25, 0.3) is 0 Å². The van der Waals surface area contributed by atoms with E-state index in [1.165, 1.54) is 11.8 Å². The highest BCUT2D eigenvalue weighted by Crippen LogP contribution is 2.23. The molecule has 2 rings (SSSR count). The Morgan fingerprint density at radius 3 is 2.42 bits per heavy atom. The monoisotopic (exact) mass is 362 g/mol. The minimum absolute atomic E-state index is 0.0488. The summed E-state index contributed by atoms with van der Waals surface area (Å²) in [4.78, 5) is 50.8. The fourth-order valence-corrected chi connectivity index (χ4v) is 2.78. The van der Waals surface area contributed by atoms with Crippen molar-refractivity contribution in [3.05, 3.63) is 35.9 Å². The molecule has 140 valence electrons. The zero-order chi connectivity index (χ0) is 19.3. The Morgan fingerprint density at radius 2 is 1.85 bits per heavy atom. The lowest BCUT2D eigenvalue weighted by Crippen LogP contribution is -2.71. The highest BCUT2D eigenvalue weighted by molar-refractivity contribution is 6.12. The standard InChI is InChI=1S/C17H22N4O5/c1-17(15(19)24)16(25)20(7-8-21(17)13(22)9-18)10-14(23)26-11-12-5-3-2-4-6-12/h2-6H,7-11,18H2,1H3,(H2,19,24). The molecule has 0 aliphatic carbocycles. The van der Waals surface area contributed by atoms with Gasteiger partial charge in [-0.1, -0.05) is 30.3 Å². The summed E-state index contributed by atoms with van der Waals surface area (Å²) in [5.41, 5.74) is 9.63. The quantitative estimate of drug-likeness (QED) is 0.472. The van der Waals surface area contributed by atoms with Crippen LogP contribution in [0.2, 0.25) is 0 Å². The second kappa shape index (κ2) is 7.96. The van der Waals surface area contributed by atoms with Crippen LogP contribution in [0.5, 0.6) is 0 Å². The van der Waals surface area contributed by atoms with Gasteiger partial charge in [-0.15, -0.1) is 0 Å². The highest BCUT2D eigenvalue weighted by Gasteiger charge is 2.52. The Morgan fingerprint density at radius 1 is 1.19 bits per heavy atom. The number of rotatable bonds is 6. The third kappa shape index (κ3) is 3.83. The second-order valence-electron chi connectivity index (χ2n) is 6.06. The molecule has 1 heterocycles. The van der Waals surface area contributed by atoms with E-state index >= 15 is 0 Å². The van der Waals surface area contributed by atoms with E-state index in [-0.39, 0.29) is 32.8 Å². The summed E-state index contributed by atoms with van der Waals surface area (Å²) in [6, 6.07) is 9.09. The van der Waals surface area contributed by atoms with E-state index in [1.807, 2.05) is 18.2 Å². The molecule has 1 aromatic carbocycles. The molecule has 4 N–H and O–H groups in total. The van der Waals surface area contributed by atoms with Gasteiger partial charge in [0.15, 0.2) is 5.54 Å². The number of piperazine rings is 1. The third-order valence-electron chi connectivity index (χ3n) is 4.36. The molecule has 1 aromatic rings. The topological polar surface area (TPSA) is 136 Å². The van der Waals surface area contributed by atoms with Crippen molar-refractivity contribution in [2.45, 2.75) is 19.1 Å². The number of hydrogen-bond donors (Lipinski definition) is 2. The normalized spacial score (nSPS) is 20.0. The van der Waals surface area contributed by atoms with Crippen molar-refractivity contribution in [3.63, 3.8) is 0 Å². The predicted octanol–water partition coefficient (Wildman–Crippen LogP) is -1.40. The van der Waals surface area contributed by atoms with Gasteiger partial charge in [-0.05, 0) is 12.5 Å². The van der Waals surface area contributed by atoms with E-state index in [4.69, 9.17) is 16.2 Å². The largest absolute Gasteiger partial charge is 0.459 e. The summed E-state index contributed by atoms with van der Waals surface area (Å²) in [6.07, 6.45) is 0. The molecule has 1 aliphatic heterocycles. The summed E-state index contributed by atoms with van der Waals surface area (Å²) in [5, 5.41) is 0. The molecular formula is C17H22N4O5. The molecule has 0 spiro atoms. The van der Waals surface area contributed by atoms with E-state index in [2.05, 4.69) is 0 Å². The lowest BCUT2D eigenvalue weighted by molar-refractivity contribution is -0.167. The van der Waals surface area contributed by atoms with Crippen molar-refractivity contribution in [2.75, 3.05) is 26.2 Å². The van der Waals surface area contributed by atoms with E-state index < -0.39 is 29.2 Å². The Balaban J connectivity index is 2.04. The van der Waals surface area contributed by atoms with Gasteiger partial charge in [-0.25, -0.2) is 0 Å². The summed E-state index contributed by atoms with van der Waals surface area (Å²) in [6.45, 7) is 0.773. The van der Waals surface area contributed by atoms with Gasteiger partial charge < -0.3 is 26.0 Å². The molecule has 9 heteroatoms. The summed E-state index contributed by atoms with van der Waals surface area (Å²) in [7, 11) is 0. The number of hydrogen-bond acceptors (Lipinski definition) is 6. The van der Waals surface area contributed by atoms with Gasteiger partial charge in [0, 0.05) is 13.1 Å². The van der Waals surface area contributed by atoms with Crippen LogP contribution in [0.15, 0.2) is 30.3 Å². The van der Waals surface area contributed by atoms with Crippen molar-refractivity contribution in [1.29, 1.82) is 0 Å². The smallest absolute Gasteiger partial charge is 0.325 e. The van der Waals surface area contributed by atoms with Gasteiger partial charge in [-0.3, -0.25) is 19.2 Å². The van der Waals surface area contributed by atoms with Crippen LogP contribution in [0, 0.1) is 0 Å². The third-order valence-corrected chi connectivity index (χ3v) is 4.36. The summed E-state index contributed by atoms with van der Waals surface area (Å²) < 4.78 is 5.15. The Kier molecular flexibility index (Phi) is 5.93. The van der Waals surface area contributed by atoms with Crippen LogP contribution in [0.3, 0.4) is 0 Å². The van der Waals surface area contributed by atoms with Crippen LogP contribution < -0.4 is 11.5 Å². The molecule has 1 unspecified atom stereocenters. The maximum atomic E-state index is 12.7. The van der Waals surface area contributed by atoms with Gasteiger partial charge >= 0.3 is 5.97 Å². The molecule has 26 heavy (non-hydrogen) atoms. The molecule has 3 amide bonds. The highest BCUT2D eigenvalue weighted by atomic mass is 16.5. The van der Waals surface area contributed by atoms with Crippen molar-refractivity contribution in [2.24, 2.45) is 11.5 Å². The zero-order valence-electron chi connectivity index (χ0n) is 14.5. The van der Waals surface area contributed by atoms with Gasteiger partial charge in [-0.2, -0.15) is 0 Å². The number of ether oxygens (including phenoxy) is 1. The number of primary amides is 1. The van der Waals surface area contributed by atoms with Crippen molar-refractivity contribution < 1.29 is 23.9 Å². The molecule has 1 saturated heterocycles. The van der Waals surface area contributed by atoms with Crippen molar-refractivity contribution in [1.82, 2.24) is 9.80 Å².